The van der Waals surface area contributed by atoms with Crippen LogP contribution in [-0.2, 0) is 4.79 Å². The number of carbonyl (C=O) groups excluding carboxylic acids is 1. The SMILES string of the molecule is C[C@@H](N)CC(=O)Nc1ccccc1. The molecule has 0 unspecified atom stereocenters. The van der Waals surface area contributed by atoms with Crippen molar-refractivity contribution in [3.05, 3.63) is 30.3 Å². The molecule has 0 heterocycles. The molecule has 0 spiro atoms. The van der Waals surface area contributed by atoms with Crippen LogP contribution in [0.25, 0.3) is 0 Å². The summed E-state index contributed by atoms with van der Waals surface area (Å²) in [5, 5.41) is 2.75. The second-order valence-corrected chi connectivity index (χ2v) is 3.10. The first kappa shape index (κ1) is 9.74. The van der Waals surface area contributed by atoms with E-state index in [4.69, 9.17) is 5.73 Å². The molecule has 0 radical (unpaired) electrons. The number of benzene rings is 1. The van der Waals surface area contributed by atoms with Crippen molar-refractivity contribution in [3.8, 4) is 0 Å². The molecule has 3 nitrogen and oxygen atoms in total. The summed E-state index contributed by atoms with van der Waals surface area (Å²) in [6, 6.07) is 9.26. The molecule has 1 rings (SSSR count). The molecule has 0 fully saturated rings. The van der Waals surface area contributed by atoms with Crippen molar-refractivity contribution in [2.75, 3.05) is 5.32 Å². The quantitative estimate of drug-likeness (QED) is 0.734. The van der Waals surface area contributed by atoms with E-state index < -0.39 is 0 Å². The van der Waals surface area contributed by atoms with E-state index in [9.17, 15) is 4.79 Å². The second kappa shape index (κ2) is 4.62. The first-order chi connectivity index (χ1) is 6.18. The van der Waals surface area contributed by atoms with Crippen molar-refractivity contribution in [3.63, 3.8) is 0 Å². The minimum Gasteiger partial charge on any atom is -0.327 e. The van der Waals surface area contributed by atoms with Crippen LogP contribution in [0.1, 0.15) is 13.3 Å². The summed E-state index contributed by atoms with van der Waals surface area (Å²) in [5.41, 5.74) is 6.30. The van der Waals surface area contributed by atoms with Gasteiger partial charge in [0.2, 0.25) is 5.91 Å². The smallest absolute Gasteiger partial charge is 0.225 e. The molecule has 0 aliphatic heterocycles. The van der Waals surface area contributed by atoms with Crippen LogP contribution in [-0.4, -0.2) is 11.9 Å². The van der Waals surface area contributed by atoms with Gasteiger partial charge in [0, 0.05) is 18.2 Å². The number of anilines is 1. The van der Waals surface area contributed by atoms with Crippen molar-refractivity contribution in [1.82, 2.24) is 0 Å². The van der Waals surface area contributed by atoms with E-state index in [1.807, 2.05) is 37.3 Å². The van der Waals surface area contributed by atoms with E-state index in [1.54, 1.807) is 0 Å². The number of amides is 1. The van der Waals surface area contributed by atoms with Crippen LogP contribution in [0.2, 0.25) is 0 Å². The lowest BCUT2D eigenvalue weighted by atomic mass is 10.2. The van der Waals surface area contributed by atoms with Crippen LogP contribution in [0.4, 0.5) is 5.69 Å². The minimum atomic E-state index is -0.0938. The first-order valence-electron chi connectivity index (χ1n) is 4.29. The molecule has 0 aromatic heterocycles. The number of rotatable bonds is 3. The van der Waals surface area contributed by atoms with E-state index in [0.29, 0.717) is 6.42 Å². The van der Waals surface area contributed by atoms with Crippen LogP contribution in [0.3, 0.4) is 0 Å². The molecule has 3 N–H and O–H groups in total. The number of hydrogen-bond donors (Lipinski definition) is 2. The summed E-state index contributed by atoms with van der Waals surface area (Å²) in [6.45, 7) is 1.81. The highest BCUT2D eigenvalue weighted by atomic mass is 16.1. The highest BCUT2D eigenvalue weighted by Crippen LogP contribution is 2.05. The van der Waals surface area contributed by atoms with Crippen LogP contribution < -0.4 is 11.1 Å². The topological polar surface area (TPSA) is 55.1 Å². The summed E-state index contributed by atoms with van der Waals surface area (Å²) >= 11 is 0. The Morgan fingerprint density at radius 2 is 2.08 bits per heavy atom. The average Bonchev–Trinajstić information content (AvgIpc) is 2.04. The first-order valence-corrected chi connectivity index (χ1v) is 4.29. The number of nitrogens with one attached hydrogen (secondary N) is 1. The molecule has 0 aliphatic rings. The zero-order valence-corrected chi connectivity index (χ0v) is 7.66. The molecule has 70 valence electrons. The number of para-hydroxylation sites is 1. The lowest BCUT2D eigenvalue weighted by Gasteiger charge is -2.06. The molecule has 3 heteroatoms. The van der Waals surface area contributed by atoms with Crippen molar-refractivity contribution in [1.29, 1.82) is 0 Å². The Morgan fingerprint density at radius 3 is 2.62 bits per heavy atom. The van der Waals surface area contributed by atoms with Gasteiger partial charge in [-0.1, -0.05) is 18.2 Å². The Balaban J connectivity index is 2.46. The fraction of sp³-hybridized carbons (Fsp3) is 0.300. The number of nitrogens with two attached hydrogens (primary N) is 1. The van der Waals surface area contributed by atoms with Crippen molar-refractivity contribution in [2.45, 2.75) is 19.4 Å². The monoisotopic (exact) mass is 178 g/mol. The fourth-order valence-corrected chi connectivity index (χ4v) is 1.03. The summed E-state index contributed by atoms with van der Waals surface area (Å²) < 4.78 is 0. The standard InChI is InChI=1S/C10H14N2O/c1-8(11)7-10(13)12-9-5-3-2-4-6-9/h2-6,8H,7,11H2,1H3,(H,12,13)/t8-/m1/s1. The summed E-state index contributed by atoms with van der Waals surface area (Å²) in [6.07, 6.45) is 0.356. The lowest BCUT2D eigenvalue weighted by molar-refractivity contribution is -0.116. The van der Waals surface area contributed by atoms with Gasteiger partial charge in [-0.2, -0.15) is 0 Å². The Bertz CT molecular complexity index is 270. The van der Waals surface area contributed by atoms with Gasteiger partial charge < -0.3 is 11.1 Å². The van der Waals surface area contributed by atoms with E-state index in [1.165, 1.54) is 0 Å². The zero-order valence-electron chi connectivity index (χ0n) is 7.66. The van der Waals surface area contributed by atoms with E-state index >= 15 is 0 Å². The third-order valence-corrected chi connectivity index (χ3v) is 1.56. The van der Waals surface area contributed by atoms with Gasteiger partial charge in [-0.15, -0.1) is 0 Å². The van der Waals surface area contributed by atoms with E-state index in [-0.39, 0.29) is 11.9 Å². The molecular formula is C10H14N2O. The van der Waals surface area contributed by atoms with Gasteiger partial charge in [-0.25, -0.2) is 0 Å². The van der Waals surface area contributed by atoms with Crippen LogP contribution in [0.5, 0.6) is 0 Å². The third kappa shape index (κ3) is 3.71. The Hall–Kier alpha value is -1.35. The zero-order chi connectivity index (χ0) is 9.68. The molecule has 0 saturated heterocycles. The maximum absolute atomic E-state index is 11.2. The van der Waals surface area contributed by atoms with Gasteiger partial charge in [-0.05, 0) is 19.1 Å². The lowest BCUT2D eigenvalue weighted by Crippen LogP contribution is -2.23. The summed E-state index contributed by atoms with van der Waals surface area (Å²) in [4.78, 5) is 11.2. The number of carbonyl (C=O) groups is 1. The van der Waals surface area contributed by atoms with Gasteiger partial charge in [0.1, 0.15) is 0 Å². The van der Waals surface area contributed by atoms with Gasteiger partial charge in [0.25, 0.3) is 0 Å². The minimum absolute atomic E-state index is 0.0406. The Kier molecular flexibility index (Phi) is 3.46. The molecule has 1 aromatic rings. The third-order valence-electron chi connectivity index (χ3n) is 1.56. The molecular weight excluding hydrogens is 164 g/mol. The summed E-state index contributed by atoms with van der Waals surface area (Å²) in [5.74, 6) is -0.0406. The highest BCUT2D eigenvalue weighted by Gasteiger charge is 2.04. The van der Waals surface area contributed by atoms with Gasteiger partial charge >= 0.3 is 0 Å². The van der Waals surface area contributed by atoms with Crippen LogP contribution >= 0.6 is 0 Å². The molecule has 0 saturated carbocycles. The number of hydrogen-bond acceptors (Lipinski definition) is 2. The maximum Gasteiger partial charge on any atom is 0.225 e. The molecule has 1 aromatic carbocycles. The normalized spacial score (nSPS) is 12.2. The van der Waals surface area contributed by atoms with Crippen LogP contribution in [0.15, 0.2) is 30.3 Å². The Labute approximate surface area is 77.9 Å². The molecule has 1 atom stereocenters. The Morgan fingerprint density at radius 1 is 1.46 bits per heavy atom. The van der Waals surface area contributed by atoms with E-state index in [2.05, 4.69) is 5.32 Å². The summed E-state index contributed by atoms with van der Waals surface area (Å²) in [7, 11) is 0. The molecule has 0 bridgehead atoms. The predicted octanol–water partition coefficient (Wildman–Crippen LogP) is 1.36. The maximum atomic E-state index is 11.2. The average molecular weight is 178 g/mol. The predicted molar refractivity (Wildman–Crippen MR) is 53.3 cm³/mol. The van der Waals surface area contributed by atoms with E-state index in [0.717, 1.165) is 5.69 Å². The fourth-order valence-electron chi connectivity index (χ4n) is 1.03. The molecule has 1 amide bonds. The second-order valence-electron chi connectivity index (χ2n) is 3.10. The molecule has 0 aliphatic carbocycles. The molecule has 13 heavy (non-hydrogen) atoms. The van der Waals surface area contributed by atoms with Crippen molar-refractivity contribution in [2.24, 2.45) is 5.73 Å². The van der Waals surface area contributed by atoms with Crippen molar-refractivity contribution >= 4 is 11.6 Å². The van der Waals surface area contributed by atoms with Crippen LogP contribution in [0, 0.1) is 0 Å². The van der Waals surface area contributed by atoms with Gasteiger partial charge in [0.15, 0.2) is 0 Å². The van der Waals surface area contributed by atoms with Gasteiger partial charge in [0.05, 0.1) is 0 Å². The van der Waals surface area contributed by atoms with Gasteiger partial charge in [-0.3, -0.25) is 4.79 Å². The highest BCUT2D eigenvalue weighted by molar-refractivity contribution is 5.90. The van der Waals surface area contributed by atoms with Crippen molar-refractivity contribution < 1.29 is 4.79 Å². The largest absolute Gasteiger partial charge is 0.327 e.